The summed E-state index contributed by atoms with van der Waals surface area (Å²) in [5.74, 6) is 0.459. The molecule has 0 aliphatic carbocycles. The topological polar surface area (TPSA) is 27.7 Å². The minimum Gasteiger partial charge on any atom is -0.414 e. The first kappa shape index (κ1) is 22.1. The molecule has 0 saturated heterocycles. The van der Waals surface area contributed by atoms with Crippen LogP contribution in [0.15, 0.2) is 12.1 Å². The van der Waals surface area contributed by atoms with Gasteiger partial charge < -0.3 is 9.05 Å². The average Bonchev–Trinajstić information content (AvgIpc) is 2.53. The van der Waals surface area contributed by atoms with E-state index in [1.54, 1.807) is 13.8 Å². The van der Waals surface area contributed by atoms with Crippen molar-refractivity contribution < 1.29 is 13.6 Å². The molecule has 0 atom stereocenters. The summed E-state index contributed by atoms with van der Waals surface area (Å²) in [7, 11) is 0. The van der Waals surface area contributed by atoms with E-state index < -0.39 is 6.72 Å². The molecule has 146 valence electrons. The van der Waals surface area contributed by atoms with E-state index in [0.717, 1.165) is 0 Å². The fraction of sp³-hybridized carbons (Fsp3) is 0.250. The number of hydrogen-bond acceptors (Lipinski definition) is 4. The van der Waals surface area contributed by atoms with Crippen molar-refractivity contribution in [3.05, 3.63) is 53.4 Å². The maximum atomic E-state index is 6.42. The Labute approximate surface area is 191 Å². The monoisotopic (exact) mass is 524 g/mol. The molecule has 1 aliphatic rings. The van der Waals surface area contributed by atoms with Crippen LogP contribution in [0.4, 0.5) is 0 Å². The molecule has 2 aromatic carbocycles. The van der Waals surface area contributed by atoms with Crippen molar-refractivity contribution in [2.24, 2.45) is 0 Å². The molecule has 0 saturated carbocycles. The van der Waals surface area contributed by atoms with Gasteiger partial charge in [0.15, 0.2) is 11.5 Å². The van der Waals surface area contributed by atoms with Gasteiger partial charge in [0, 0.05) is 29.4 Å². The molecule has 0 unspecified atom stereocenters. The van der Waals surface area contributed by atoms with Gasteiger partial charge in [-0.15, -0.1) is 0 Å². The zero-order valence-corrected chi connectivity index (χ0v) is 20.0. The molecule has 0 spiro atoms. The lowest BCUT2D eigenvalue weighted by Gasteiger charge is -2.30. The molecule has 1 heterocycles. The summed E-state index contributed by atoms with van der Waals surface area (Å²) in [6.07, 6.45) is -0.120. The number of hydrogen-bond donors (Lipinski definition) is 0. The van der Waals surface area contributed by atoms with Crippen LogP contribution in [0.5, 0.6) is 11.5 Å². The summed E-state index contributed by atoms with van der Waals surface area (Å²) in [6.45, 7) is 0.232. The minimum atomic E-state index is -3.37. The summed E-state index contributed by atoms with van der Waals surface area (Å²) in [6, 6.07) is 2.93. The van der Waals surface area contributed by atoms with Gasteiger partial charge in [-0.05, 0) is 26.0 Å². The Kier molecular flexibility index (Phi) is 6.75. The van der Waals surface area contributed by atoms with E-state index in [2.05, 4.69) is 0 Å². The van der Waals surface area contributed by atoms with E-state index in [-0.39, 0.29) is 54.2 Å². The van der Waals surface area contributed by atoms with E-state index in [1.165, 1.54) is 12.1 Å². The Bertz CT molecular complexity index is 912. The molecule has 3 nitrogen and oxygen atoms in total. The molecule has 2 aromatic rings. The second-order valence-corrected chi connectivity index (χ2v) is 11.1. The fourth-order valence-electron chi connectivity index (χ4n) is 2.49. The van der Waals surface area contributed by atoms with Gasteiger partial charge in [0.25, 0.3) is 0 Å². The van der Waals surface area contributed by atoms with Gasteiger partial charge in [0.2, 0.25) is 0 Å². The van der Waals surface area contributed by atoms with Crippen molar-refractivity contribution >= 4 is 88.1 Å². The third-order valence-corrected chi connectivity index (χ3v) is 7.95. The minimum absolute atomic E-state index is 0.167. The molecule has 3 rings (SSSR count). The highest BCUT2D eigenvalue weighted by Gasteiger charge is 2.35. The van der Waals surface area contributed by atoms with E-state index in [1.807, 2.05) is 0 Å². The lowest BCUT2D eigenvalue weighted by Crippen LogP contribution is -2.14. The van der Waals surface area contributed by atoms with Crippen LogP contribution in [0.25, 0.3) is 0 Å². The maximum Gasteiger partial charge on any atom is 0.435 e. The van der Waals surface area contributed by atoms with Crippen LogP contribution in [0.2, 0.25) is 30.1 Å². The molecule has 0 fully saturated rings. The van der Waals surface area contributed by atoms with Gasteiger partial charge in [-0.2, -0.15) is 0 Å². The first-order valence-electron chi connectivity index (χ1n) is 7.52. The van der Waals surface area contributed by atoms with Gasteiger partial charge in [0.1, 0.15) is 0 Å². The smallest absolute Gasteiger partial charge is 0.414 e. The number of benzene rings is 2. The van der Waals surface area contributed by atoms with Gasteiger partial charge in [-0.25, -0.2) is 0 Å². The predicted octanol–water partition coefficient (Wildman–Crippen LogP) is 8.62. The lowest BCUT2D eigenvalue weighted by molar-refractivity contribution is 0.205. The number of halogens is 6. The Balaban J connectivity index is 2.34. The van der Waals surface area contributed by atoms with E-state index >= 15 is 0 Å². The Morgan fingerprint density at radius 1 is 0.852 bits per heavy atom. The van der Waals surface area contributed by atoms with Crippen LogP contribution in [0, 0.1) is 0 Å². The largest absolute Gasteiger partial charge is 0.435 e. The summed E-state index contributed by atoms with van der Waals surface area (Å²) in [5.41, 5.74) is 0.973. The zero-order valence-electron chi connectivity index (χ0n) is 13.8. The predicted molar refractivity (Wildman–Crippen MR) is 118 cm³/mol. The Hall–Kier alpha value is 0.390. The quantitative estimate of drug-likeness (QED) is 0.289. The molecule has 0 bridgehead atoms. The van der Waals surface area contributed by atoms with Crippen LogP contribution < -0.4 is 9.05 Å². The Morgan fingerprint density at radius 2 is 1.26 bits per heavy atom. The highest BCUT2D eigenvalue weighted by Crippen LogP contribution is 2.59. The zero-order chi connectivity index (χ0) is 20.1. The number of rotatable bonds is 2. The van der Waals surface area contributed by atoms with Crippen LogP contribution >= 0.6 is 76.3 Å². The highest BCUT2D eigenvalue weighted by atomic mass is 35.5. The van der Waals surface area contributed by atoms with E-state index in [0.29, 0.717) is 11.1 Å². The van der Waals surface area contributed by atoms with Crippen LogP contribution in [0.3, 0.4) is 0 Å². The second kappa shape index (κ2) is 8.26. The third-order valence-electron chi connectivity index (χ3n) is 3.54. The van der Waals surface area contributed by atoms with Gasteiger partial charge in [-0.1, -0.05) is 69.6 Å². The van der Waals surface area contributed by atoms with Crippen molar-refractivity contribution in [1.82, 2.24) is 0 Å². The van der Waals surface area contributed by atoms with E-state index in [4.69, 9.17) is 95.0 Å². The standard InChI is InChI=1S/C16H11Cl6O3PS/c1-6(2)23-26(27)24-15-7(13(21)9(17)4-11(15)19)3-8-14(22)10(18)5-12(20)16(8)25-26/h4-6H,3H2,1-2H3. The highest BCUT2D eigenvalue weighted by molar-refractivity contribution is 8.07. The molecule has 0 radical (unpaired) electrons. The molecule has 0 N–H and O–H groups in total. The van der Waals surface area contributed by atoms with Gasteiger partial charge in [0.05, 0.1) is 36.2 Å². The SMILES string of the molecule is CC(C)OP1(=S)Oc2c(Cl)cc(Cl)c(Cl)c2Cc2c(Cl)c(Cl)cc(Cl)c2O1. The molecule has 11 heteroatoms. The number of fused-ring (bicyclic) bond motifs is 2. The summed E-state index contributed by atoms with van der Waals surface area (Å²) in [5, 5.41) is 1.46. The molecular formula is C16H11Cl6O3PS. The first-order chi connectivity index (χ1) is 12.5. The van der Waals surface area contributed by atoms with Crippen molar-refractivity contribution in [1.29, 1.82) is 0 Å². The second-order valence-electron chi connectivity index (χ2n) is 5.88. The lowest BCUT2D eigenvalue weighted by atomic mass is 10.0. The fourth-order valence-corrected chi connectivity index (χ4v) is 6.56. The van der Waals surface area contributed by atoms with Crippen molar-refractivity contribution in [2.75, 3.05) is 0 Å². The summed E-state index contributed by atoms with van der Waals surface area (Å²) in [4.78, 5) is 0. The van der Waals surface area contributed by atoms with Crippen molar-refractivity contribution in [3.8, 4) is 11.5 Å². The molecule has 1 aliphatic heterocycles. The van der Waals surface area contributed by atoms with Crippen LogP contribution in [0.1, 0.15) is 25.0 Å². The maximum absolute atomic E-state index is 6.42. The summed E-state index contributed by atoms with van der Waals surface area (Å²) < 4.78 is 17.7. The Morgan fingerprint density at radius 3 is 1.63 bits per heavy atom. The van der Waals surface area contributed by atoms with Crippen LogP contribution in [-0.4, -0.2) is 6.10 Å². The summed E-state index contributed by atoms with van der Waals surface area (Å²) >= 11 is 43.5. The van der Waals surface area contributed by atoms with E-state index in [9.17, 15) is 0 Å². The third kappa shape index (κ3) is 4.45. The molecule has 0 amide bonds. The van der Waals surface area contributed by atoms with Crippen molar-refractivity contribution in [3.63, 3.8) is 0 Å². The molecular weight excluding hydrogens is 516 g/mol. The molecule has 27 heavy (non-hydrogen) atoms. The van der Waals surface area contributed by atoms with Gasteiger partial charge in [-0.3, -0.25) is 4.52 Å². The van der Waals surface area contributed by atoms with Crippen LogP contribution in [-0.2, 0) is 22.8 Å². The molecule has 0 aromatic heterocycles. The first-order valence-corrected chi connectivity index (χ1v) is 12.3. The average molecular weight is 527 g/mol. The van der Waals surface area contributed by atoms with Crippen molar-refractivity contribution in [2.45, 2.75) is 26.4 Å². The van der Waals surface area contributed by atoms with Gasteiger partial charge >= 0.3 is 6.72 Å². The normalized spacial score (nSPS) is 15.3.